The summed E-state index contributed by atoms with van der Waals surface area (Å²) < 4.78 is 5.80. The van der Waals surface area contributed by atoms with Crippen LogP contribution < -0.4 is 15.8 Å². The summed E-state index contributed by atoms with van der Waals surface area (Å²) in [5.41, 5.74) is 8.87. The maximum absolute atomic E-state index is 9.22. The van der Waals surface area contributed by atoms with E-state index in [1.807, 2.05) is 56.3 Å². The fourth-order valence-electron chi connectivity index (χ4n) is 2.40. The van der Waals surface area contributed by atoms with Crippen LogP contribution in [0.1, 0.15) is 31.4 Å². The molecule has 0 atom stereocenters. The molecule has 4 heteroatoms. The third-order valence-corrected chi connectivity index (χ3v) is 3.95. The molecule has 4 nitrogen and oxygen atoms in total. The molecule has 0 aliphatic heterocycles. The summed E-state index contributed by atoms with van der Waals surface area (Å²) in [7, 11) is 0. The lowest BCUT2D eigenvalue weighted by atomic mass is 10.1. The van der Waals surface area contributed by atoms with Gasteiger partial charge in [0.1, 0.15) is 12.4 Å². The van der Waals surface area contributed by atoms with E-state index in [4.69, 9.17) is 10.5 Å². The van der Waals surface area contributed by atoms with Crippen LogP contribution in [-0.4, -0.2) is 23.8 Å². The van der Waals surface area contributed by atoms with Gasteiger partial charge < -0.3 is 20.9 Å². The number of nitrogens with two attached hydrogens (primary N) is 1. The smallest absolute Gasteiger partial charge is 0.142 e. The Bertz CT molecular complexity index is 627. The highest BCUT2D eigenvalue weighted by molar-refractivity contribution is 5.54. The van der Waals surface area contributed by atoms with Crippen molar-refractivity contribution in [1.82, 2.24) is 5.32 Å². The molecular weight excluding hydrogens is 300 g/mol. The molecule has 2 aromatic rings. The second-order valence-electron chi connectivity index (χ2n) is 6.72. The third-order valence-electron chi connectivity index (χ3n) is 3.95. The molecule has 2 aromatic carbocycles. The van der Waals surface area contributed by atoms with Gasteiger partial charge in [0.25, 0.3) is 0 Å². The number of anilines is 1. The van der Waals surface area contributed by atoms with E-state index < -0.39 is 0 Å². The van der Waals surface area contributed by atoms with Crippen LogP contribution in [0.3, 0.4) is 0 Å². The van der Waals surface area contributed by atoms with E-state index in [1.54, 1.807) is 0 Å². The van der Waals surface area contributed by atoms with Crippen LogP contribution in [0.15, 0.2) is 48.5 Å². The first-order valence-corrected chi connectivity index (χ1v) is 8.41. The van der Waals surface area contributed by atoms with Gasteiger partial charge in [-0.1, -0.05) is 36.4 Å². The highest BCUT2D eigenvalue weighted by Crippen LogP contribution is 2.24. The minimum absolute atomic E-state index is 0.132. The van der Waals surface area contributed by atoms with Crippen molar-refractivity contribution in [3.8, 4) is 5.75 Å². The summed E-state index contributed by atoms with van der Waals surface area (Å²) in [6.07, 6.45) is 1.94. The standard InChI is InChI=1S/C20H28N2O2/c1-20(2,15-23)22-12-6-9-16-10-11-19(18(21)13-16)24-14-17-7-4-3-5-8-17/h3-5,7-8,10-11,13,22-23H,6,9,12,14-15,21H2,1-2H3. The number of nitrogen functional groups attached to an aromatic ring is 1. The molecule has 0 amide bonds. The normalized spacial score (nSPS) is 11.5. The summed E-state index contributed by atoms with van der Waals surface area (Å²) in [4.78, 5) is 0. The summed E-state index contributed by atoms with van der Waals surface area (Å²) in [6, 6.07) is 16.0. The number of hydrogen-bond donors (Lipinski definition) is 3. The van der Waals surface area contributed by atoms with E-state index in [1.165, 1.54) is 5.56 Å². The Morgan fingerprint density at radius 1 is 1.08 bits per heavy atom. The van der Waals surface area contributed by atoms with Gasteiger partial charge in [0, 0.05) is 5.54 Å². The van der Waals surface area contributed by atoms with Gasteiger partial charge in [0.15, 0.2) is 0 Å². The first kappa shape index (κ1) is 18.3. The molecule has 0 aromatic heterocycles. The van der Waals surface area contributed by atoms with Crippen molar-refractivity contribution in [3.63, 3.8) is 0 Å². The third kappa shape index (κ3) is 5.87. The first-order valence-electron chi connectivity index (χ1n) is 8.41. The minimum Gasteiger partial charge on any atom is -0.487 e. The van der Waals surface area contributed by atoms with Gasteiger partial charge in [-0.25, -0.2) is 0 Å². The number of aliphatic hydroxyl groups excluding tert-OH is 1. The molecule has 2 rings (SSSR count). The molecule has 130 valence electrons. The molecule has 24 heavy (non-hydrogen) atoms. The second-order valence-corrected chi connectivity index (χ2v) is 6.72. The summed E-state index contributed by atoms with van der Waals surface area (Å²) in [5.74, 6) is 0.724. The fraction of sp³-hybridized carbons (Fsp3) is 0.400. The number of aliphatic hydroxyl groups is 1. The van der Waals surface area contributed by atoms with Crippen molar-refractivity contribution in [2.45, 2.75) is 38.8 Å². The number of nitrogens with one attached hydrogen (secondary N) is 1. The van der Waals surface area contributed by atoms with Crippen molar-refractivity contribution in [2.24, 2.45) is 0 Å². The Kier molecular flexibility index (Phi) is 6.64. The van der Waals surface area contributed by atoms with Crippen LogP contribution in [-0.2, 0) is 13.0 Å². The van der Waals surface area contributed by atoms with Crippen molar-refractivity contribution in [1.29, 1.82) is 0 Å². The SMILES string of the molecule is CC(C)(CO)NCCCc1ccc(OCc2ccccc2)c(N)c1. The van der Waals surface area contributed by atoms with E-state index in [-0.39, 0.29) is 12.1 Å². The van der Waals surface area contributed by atoms with E-state index >= 15 is 0 Å². The Hall–Kier alpha value is -2.04. The summed E-state index contributed by atoms with van der Waals surface area (Å²) in [6.45, 7) is 5.49. The van der Waals surface area contributed by atoms with Crippen LogP contribution in [0.2, 0.25) is 0 Å². The largest absolute Gasteiger partial charge is 0.487 e. The van der Waals surface area contributed by atoms with Crippen LogP contribution >= 0.6 is 0 Å². The van der Waals surface area contributed by atoms with Gasteiger partial charge in [0.05, 0.1) is 12.3 Å². The second kappa shape index (κ2) is 8.71. The molecule has 0 saturated carbocycles. The number of benzene rings is 2. The Morgan fingerprint density at radius 2 is 1.83 bits per heavy atom. The molecule has 4 N–H and O–H groups in total. The zero-order chi connectivity index (χ0) is 17.4. The van der Waals surface area contributed by atoms with E-state index in [0.29, 0.717) is 12.3 Å². The van der Waals surface area contributed by atoms with Crippen molar-refractivity contribution < 1.29 is 9.84 Å². The van der Waals surface area contributed by atoms with Gasteiger partial charge in [-0.2, -0.15) is 0 Å². The Labute approximate surface area is 144 Å². The Balaban J connectivity index is 1.81. The highest BCUT2D eigenvalue weighted by atomic mass is 16.5. The predicted octanol–water partition coefficient (Wildman–Crippen LogP) is 3.14. The van der Waals surface area contributed by atoms with Crippen LogP contribution in [0, 0.1) is 0 Å². The molecule has 0 bridgehead atoms. The van der Waals surface area contributed by atoms with Crippen molar-refractivity contribution in [2.75, 3.05) is 18.9 Å². The van der Waals surface area contributed by atoms with Gasteiger partial charge in [0.2, 0.25) is 0 Å². The molecule has 0 saturated heterocycles. The molecule has 0 fully saturated rings. The monoisotopic (exact) mass is 328 g/mol. The van der Waals surface area contributed by atoms with Gasteiger partial charge in [-0.15, -0.1) is 0 Å². The van der Waals surface area contributed by atoms with Crippen LogP contribution in [0.5, 0.6) is 5.75 Å². The molecule has 0 heterocycles. The molecule has 0 aliphatic rings. The maximum atomic E-state index is 9.22. The van der Waals surface area contributed by atoms with E-state index in [0.717, 1.165) is 30.7 Å². The minimum atomic E-state index is -0.228. The quantitative estimate of drug-likeness (QED) is 0.489. The zero-order valence-electron chi connectivity index (χ0n) is 14.6. The molecule has 0 spiro atoms. The molecule has 0 radical (unpaired) electrons. The zero-order valence-corrected chi connectivity index (χ0v) is 14.6. The summed E-state index contributed by atoms with van der Waals surface area (Å²) >= 11 is 0. The first-order chi connectivity index (χ1) is 11.5. The maximum Gasteiger partial charge on any atom is 0.142 e. The fourth-order valence-corrected chi connectivity index (χ4v) is 2.40. The van der Waals surface area contributed by atoms with E-state index in [2.05, 4.69) is 11.4 Å². The lowest BCUT2D eigenvalue weighted by molar-refractivity contribution is 0.188. The van der Waals surface area contributed by atoms with E-state index in [9.17, 15) is 5.11 Å². The van der Waals surface area contributed by atoms with Gasteiger partial charge in [-0.3, -0.25) is 0 Å². The van der Waals surface area contributed by atoms with Gasteiger partial charge in [-0.05, 0) is 56.5 Å². The molecule has 0 unspecified atom stereocenters. The lowest BCUT2D eigenvalue weighted by Gasteiger charge is -2.23. The van der Waals surface area contributed by atoms with Gasteiger partial charge >= 0.3 is 0 Å². The van der Waals surface area contributed by atoms with Crippen molar-refractivity contribution >= 4 is 5.69 Å². The Morgan fingerprint density at radius 3 is 2.50 bits per heavy atom. The number of rotatable bonds is 9. The summed E-state index contributed by atoms with van der Waals surface area (Å²) in [5, 5.41) is 12.6. The number of ether oxygens (including phenoxy) is 1. The predicted molar refractivity (Wildman–Crippen MR) is 99.1 cm³/mol. The lowest BCUT2D eigenvalue weighted by Crippen LogP contribution is -2.43. The molecular formula is C20H28N2O2. The number of hydrogen-bond acceptors (Lipinski definition) is 4. The topological polar surface area (TPSA) is 67.5 Å². The van der Waals surface area contributed by atoms with Crippen LogP contribution in [0.4, 0.5) is 5.69 Å². The van der Waals surface area contributed by atoms with Crippen molar-refractivity contribution in [3.05, 3.63) is 59.7 Å². The highest BCUT2D eigenvalue weighted by Gasteiger charge is 2.14. The average molecular weight is 328 g/mol. The average Bonchev–Trinajstić information content (AvgIpc) is 2.59. The number of aryl methyl sites for hydroxylation is 1. The van der Waals surface area contributed by atoms with Crippen LogP contribution in [0.25, 0.3) is 0 Å². The molecule has 0 aliphatic carbocycles.